The van der Waals surface area contributed by atoms with E-state index in [-0.39, 0.29) is 6.61 Å². The van der Waals surface area contributed by atoms with Crippen LogP contribution in [0.25, 0.3) is 0 Å². The zero-order valence-electron chi connectivity index (χ0n) is 12.2. The number of rotatable bonds is 7. The normalized spacial score (nSPS) is 10.6. The van der Waals surface area contributed by atoms with Crippen LogP contribution >= 0.6 is 0 Å². The Kier molecular flexibility index (Phi) is 5.45. The molecule has 2 aromatic rings. The van der Waals surface area contributed by atoms with E-state index in [4.69, 9.17) is 14.0 Å². The summed E-state index contributed by atoms with van der Waals surface area (Å²) in [6.07, 6.45) is 1.68. The van der Waals surface area contributed by atoms with Crippen LogP contribution < -0.4 is 0 Å². The summed E-state index contributed by atoms with van der Waals surface area (Å²) in [5.41, 5.74) is 1.38. The molecule has 0 N–H and O–H groups in total. The number of carbonyl (C=O) groups excluding carboxylic acids is 1. The van der Waals surface area contributed by atoms with Gasteiger partial charge in [0.25, 0.3) is 5.89 Å². The molecule has 0 aliphatic heterocycles. The smallest absolute Gasteiger partial charge is 0.338 e. The summed E-state index contributed by atoms with van der Waals surface area (Å²) in [5, 5.41) is 3.80. The van der Waals surface area contributed by atoms with Gasteiger partial charge in [-0.25, -0.2) is 4.79 Å². The maximum absolute atomic E-state index is 12.0. The molecule has 0 spiro atoms. The van der Waals surface area contributed by atoms with E-state index < -0.39 is 5.97 Å². The number of aromatic nitrogens is 2. The number of hydrogen-bond acceptors (Lipinski definition) is 6. The van der Waals surface area contributed by atoms with Crippen molar-refractivity contribution < 1.29 is 18.8 Å². The molecule has 0 aliphatic rings. The third-order valence-corrected chi connectivity index (χ3v) is 2.78. The molecule has 0 saturated carbocycles. The monoisotopic (exact) mass is 290 g/mol. The first kappa shape index (κ1) is 15.2. The minimum atomic E-state index is -0.428. The number of carbonyl (C=O) groups is 1. The summed E-state index contributed by atoms with van der Waals surface area (Å²) in [5.74, 6) is 0.508. The van der Waals surface area contributed by atoms with Crippen LogP contribution in [0.1, 0.15) is 41.0 Å². The maximum atomic E-state index is 12.0. The van der Waals surface area contributed by atoms with E-state index in [9.17, 15) is 4.79 Å². The highest BCUT2D eigenvalue weighted by Gasteiger charge is 2.11. The van der Waals surface area contributed by atoms with Crippen LogP contribution in [0.2, 0.25) is 0 Å². The molecule has 0 radical (unpaired) electrons. The fourth-order valence-electron chi connectivity index (χ4n) is 1.84. The largest absolute Gasteiger partial charge is 0.452 e. The summed E-state index contributed by atoms with van der Waals surface area (Å²) in [7, 11) is 1.61. The van der Waals surface area contributed by atoms with Gasteiger partial charge in [0.1, 0.15) is 0 Å². The molecule has 0 unspecified atom stereocenters. The Hall–Kier alpha value is -2.21. The van der Waals surface area contributed by atoms with Crippen molar-refractivity contribution >= 4 is 5.97 Å². The van der Waals surface area contributed by atoms with E-state index in [1.807, 2.05) is 13.0 Å². The lowest BCUT2D eigenvalue weighted by Gasteiger charge is -2.04. The molecule has 6 heteroatoms. The third-order valence-electron chi connectivity index (χ3n) is 2.78. The highest BCUT2D eigenvalue weighted by atomic mass is 16.6. The molecule has 0 amide bonds. The predicted molar refractivity (Wildman–Crippen MR) is 74.6 cm³/mol. The van der Waals surface area contributed by atoms with Crippen molar-refractivity contribution in [1.82, 2.24) is 10.1 Å². The number of ether oxygens (including phenoxy) is 2. The van der Waals surface area contributed by atoms with Gasteiger partial charge in [0.05, 0.1) is 12.2 Å². The summed E-state index contributed by atoms with van der Waals surface area (Å²) in [6, 6.07) is 7.10. The third kappa shape index (κ3) is 4.39. The Labute approximate surface area is 123 Å². The van der Waals surface area contributed by atoms with Crippen LogP contribution in [0.3, 0.4) is 0 Å². The van der Waals surface area contributed by atoms with E-state index >= 15 is 0 Å². The van der Waals surface area contributed by atoms with Crippen LogP contribution in [0, 0.1) is 0 Å². The summed E-state index contributed by atoms with van der Waals surface area (Å²) in [6.45, 7) is 2.46. The summed E-state index contributed by atoms with van der Waals surface area (Å²) < 4.78 is 15.2. The zero-order chi connectivity index (χ0) is 15.1. The lowest BCUT2D eigenvalue weighted by atomic mass is 10.1. The van der Waals surface area contributed by atoms with Gasteiger partial charge in [-0.1, -0.05) is 24.2 Å². The minimum Gasteiger partial charge on any atom is -0.452 e. The van der Waals surface area contributed by atoms with Crippen molar-refractivity contribution in [2.75, 3.05) is 7.11 Å². The molecular weight excluding hydrogens is 272 g/mol. The van der Waals surface area contributed by atoms with Crippen LogP contribution in [0.4, 0.5) is 0 Å². The van der Waals surface area contributed by atoms with Gasteiger partial charge in [0.15, 0.2) is 12.4 Å². The van der Waals surface area contributed by atoms with E-state index in [0.29, 0.717) is 23.9 Å². The van der Waals surface area contributed by atoms with Gasteiger partial charge in [-0.3, -0.25) is 0 Å². The molecule has 0 atom stereocenters. The molecule has 21 heavy (non-hydrogen) atoms. The number of hydrogen-bond donors (Lipinski definition) is 0. The average molecular weight is 290 g/mol. The first-order valence-electron chi connectivity index (χ1n) is 6.79. The molecule has 112 valence electrons. The number of nitrogens with zero attached hydrogens (tertiary/aromatic N) is 2. The van der Waals surface area contributed by atoms with Crippen molar-refractivity contribution in [2.45, 2.75) is 33.0 Å². The molecule has 1 aromatic carbocycles. The Balaban J connectivity index is 1.92. The maximum Gasteiger partial charge on any atom is 0.338 e. The first-order valence-corrected chi connectivity index (χ1v) is 6.79. The molecule has 0 aliphatic carbocycles. The lowest BCUT2D eigenvalue weighted by Crippen LogP contribution is -2.06. The highest BCUT2D eigenvalue weighted by Crippen LogP contribution is 2.09. The standard InChI is InChI=1S/C15H18N2O4/c1-3-5-13-16-14(21-17-13)10-20-15(18)12-7-4-6-11(8-12)9-19-2/h4,6-8H,3,5,9-10H2,1-2H3. The van der Waals surface area contributed by atoms with Crippen molar-refractivity contribution in [2.24, 2.45) is 0 Å². The summed E-state index contributed by atoms with van der Waals surface area (Å²) in [4.78, 5) is 16.1. The van der Waals surface area contributed by atoms with Crippen molar-refractivity contribution in [3.63, 3.8) is 0 Å². The highest BCUT2D eigenvalue weighted by molar-refractivity contribution is 5.89. The van der Waals surface area contributed by atoms with Gasteiger partial charge in [-0.05, 0) is 24.1 Å². The molecule has 0 fully saturated rings. The van der Waals surface area contributed by atoms with Crippen LogP contribution in [-0.4, -0.2) is 23.2 Å². The van der Waals surface area contributed by atoms with Gasteiger partial charge in [-0.2, -0.15) is 4.98 Å². The Morgan fingerprint density at radius 1 is 1.33 bits per heavy atom. The van der Waals surface area contributed by atoms with Gasteiger partial charge in [-0.15, -0.1) is 0 Å². The Morgan fingerprint density at radius 2 is 2.19 bits per heavy atom. The minimum absolute atomic E-state index is 0.0238. The molecule has 1 aromatic heterocycles. The molecule has 2 rings (SSSR count). The second-order valence-electron chi connectivity index (χ2n) is 4.56. The molecule has 6 nitrogen and oxygen atoms in total. The van der Waals surface area contributed by atoms with Crippen LogP contribution in [0.5, 0.6) is 0 Å². The fourth-order valence-corrected chi connectivity index (χ4v) is 1.84. The van der Waals surface area contributed by atoms with Crippen molar-refractivity contribution in [3.8, 4) is 0 Å². The SMILES string of the molecule is CCCc1noc(COC(=O)c2cccc(COC)c2)n1. The number of aryl methyl sites for hydroxylation is 1. The number of methoxy groups -OCH3 is 1. The van der Waals surface area contributed by atoms with Crippen molar-refractivity contribution in [1.29, 1.82) is 0 Å². The Bertz CT molecular complexity index is 595. The van der Waals surface area contributed by atoms with Crippen molar-refractivity contribution in [3.05, 3.63) is 47.1 Å². The zero-order valence-corrected chi connectivity index (χ0v) is 12.2. The van der Waals surface area contributed by atoms with Gasteiger partial charge in [0, 0.05) is 13.5 Å². The van der Waals surface area contributed by atoms with E-state index in [1.165, 1.54) is 0 Å². The van der Waals surface area contributed by atoms with E-state index in [2.05, 4.69) is 10.1 Å². The van der Waals surface area contributed by atoms with Gasteiger partial charge >= 0.3 is 5.97 Å². The lowest BCUT2D eigenvalue weighted by molar-refractivity contribution is 0.0429. The second kappa shape index (κ2) is 7.54. The average Bonchev–Trinajstić information content (AvgIpc) is 2.93. The fraction of sp³-hybridized carbons (Fsp3) is 0.400. The predicted octanol–water partition coefficient (Wildman–Crippen LogP) is 2.53. The number of esters is 1. The van der Waals surface area contributed by atoms with Crippen LogP contribution in [-0.2, 0) is 29.1 Å². The van der Waals surface area contributed by atoms with E-state index in [0.717, 1.165) is 18.4 Å². The van der Waals surface area contributed by atoms with E-state index in [1.54, 1.807) is 25.3 Å². The second-order valence-corrected chi connectivity index (χ2v) is 4.56. The molecule has 0 bridgehead atoms. The molecule has 0 saturated heterocycles. The topological polar surface area (TPSA) is 74.5 Å². The van der Waals surface area contributed by atoms with Crippen LogP contribution in [0.15, 0.2) is 28.8 Å². The molecule has 1 heterocycles. The Morgan fingerprint density at radius 3 is 2.95 bits per heavy atom. The molecular formula is C15H18N2O4. The quantitative estimate of drug-likeness (QED) is 0.729. The van der Waals surface area contributed by atoms with Gasteiger partial charge < -0.3 is 14.0 Å². The van der Waals surface area contributed by atoms with Gasteiger partial charge in [0.2, 0.25) is 0 Å². The number of benzene rings is 1. The first-order chi connectivity index (χ1) is 10.2. The summed E-state index contributed by atoms with van der Waals surface area (Å²) >= 11 is 0.